The summed E-state index contributed by atoms with van der Waals surface area (Å²) in [6.45, 7) is 1.18. The normalized spacial score (nSPS) is 25.2. The molecule has 5 nitrogen and oxygen atoms in total. The van der Waals surface area contributed by atoms with Crippen molar-refractivity contribution in [2.75, 3.05) is 13.2 Å². The summed E-state index contributed by atoms with van der Waals surface area (Å²) in [4.78, 5) is 12.7. The Bertz CT molecular complexity index is 718. The fourth-order valence-corrected chi connectivity index (χ4v) is 3.20. The van der Waals surface area contributed by atoms with E-state index in [-0.39, 0.29) is 24.2 Å². The van der Waals surface area contributed by atoms with Gasteiger partial charge in [-0.2, -0.15) is 0 Å². The minimum atomic E-state index is -0.175. The predicted octanol–water partition coefficient (Wildman–Crippen LogP) is 2.77. The number of carbonyl (C=O) groups excluding carboxylic acids is 1. The van der Waals surface area contributed by atoms with Crippen LogP contribution in [-0.2, 0) is 9.47 Å². The van der Waals surface area contributed by atoms with Crippen molar-refractivity contribution in [1.29, 1.82) is 0 Å². The van der Waals surface area contributed by atoms with Crippen molar-refractivity contribution in [3.8, 4) is 11.5 Å². The first-order valence-electron chi connectivity index (χ1n) is 8.17. The summed E-state index contributed by atoms with van der Waals surface area (Å²) < 4.78 is 17.2. The van der Waals surface area contributed by atoms with Gasteiger partial charge in [0, 0.05) is 6.61 Å². The molecule has 2 aromatic carbocycles. The minimum Gasteiger partial charge on any atom is -0.457 e. The summed E-state index contributed by atoms with van der Waals surface area (Å²) in [7, 11) is 0. The summed E-state index contributed by atoms with van der Waals surface area (Å²) in [5.74, 6) is 1.05. The van der Waals surface area contributed by atoms with Gasteiger partial charge in [-0.3, -0.25) is 4.79 Å². The van der Waals surface area contributed by atoms with Crippen molar-refractivity contribution in [3.05, 3.63) is 60.2 Å². The first kappa shape index (κ1) is 15.2. The van der Waals surface area contributed by atoms with Gasteiger partial charge in [0.1, 0.15) is 17.6 Å². The molecule has 4 rings (SSSR count). The minimum absolute atomic E-state index is 0.0452. The Morgan fingerprint density at radius 3 is 2.71 bits per heavy atom. The molecule has 124 valence electrons. The van der Waals surface area contributed by atoms with Crippen molar-refractivity contribution >= 4 is 5.91 Å². The first-order chi connectivity index (χ1) is 11.8. The monoisotopic (exact) mass is 325 g/mol. The van der Waals surface area contributed by atoms with E-state index in [4.69, 9.17) is 14.2 Å². The lowest BCUT2D eigenvalue weighted by atomic mass is 10.1. The molecule has 2 heterocycles. The lowest BCUT2D eigenvalue weighted by Gasteiger charge is -2.18. The molecule has 24 heavy (non-hydrogen) atoms. The quantitative estimate of drug-likeness (QED) is 0.939. The molecule has 2 fully saturated rings. The van der Waals surface area contributed by atoms with Crippen molar-refractivity contribution in [2.45, 2.75) is 24.7 Å². The maximum absolute atomic E-state index is 12.7. The van der Waals surface area contributed by atoms with E-state index in [0.29, 0.717) is 30.3 Å². The standard InChI is InChI=1S/C19H19NO4/c21-19(20-15-12-23-17-10-11-22-18(15)17)14-8-4-5-9-16(14)24-13-6-2-1-3-7-13/h1-9,15,17-18H,10-12H2,(H,20,21)/t15-,17+,18+/m0/s1. The molecule has 0 aromatic heterocycles. The van der Waals surface area contributed by atoms with Crippen LogP contribution < -0.4 is 10.1 Å². The molecular weight excluding hydrogens is 306 g/mol. The Hall–Kier alpha value is -2.37. The third-order valence-corrected chi connectivity index (χ3v) is 4.38. The van der Waals surface area contributed by atoms with Crippen LogP contribution in [0.15, 0.2) is 54.6 Å². The number of para-hydroxylation sites is 2. The van der Waals surface area contributed by atoms with Crippen LogP contribution in [0.3, 0.4) is 0 Å². The number of hydrogen-bond acceptors (Lipinski definition) is 4. The van der Waals surface area contributed by atoms with Crippen molar-refractivity contribution in [3.63, 3.8) is 0 Å². The number of hydrogen-bond donors (Lipinski definition) is 1. The number of rotatable bonds is 4. The Morgan fingerprint density at radius 1 is 1.04 bits per heavy atom. The van der Waals surface area contributed by atoms with Gasteiger partial charge in [-0.1, -0.05) is 30.3 Å². The molecule has 0 saturated carbocycles. The number of carbonyl (C=O) groups is 1. The Labute approximate surface area is 140 Å². The van der Waals surface area contributed by atoms with Gasteiger partial charge < -0.3 is 19.5 Å². The Kier molecular flexibility index (Phi) is 4.19. The first-order valence-corrected chi connectivity index (χ1v) is 8.17. The maximum atomic E-state index is 12.7. The zero-order valence-electron chi connectivity index (χ0n) is 13.2. The highest BCUT2D eigenvalue weighted by Gasteiger charge is 2.42. The smallest absolute Gasteiger partial charge is 0.255 e. The fraction of sp³-hybridized carbons (Fsp3) is 0.316. The Balaban J connectivity index is 1.50. The van der Waals surface area contributed by atoms with E-state index in [2.05, 4.69) is 5.32 Å². The maximum Gasteiger partial charge on any atom is 0.255 e. The summed E-state index contributed by atoms with van der Waals surface area (Å²) in [6, 6.07) is 16.5. The van der Waals surface area contributed by atoms with E-state index in [1.54, 1.807) is 12.1 Å². The van der Waals surface area contributed by atoms with Gasteiger partial charge in [-0.05, 0) is 30.7 Å². The molecule has 2 saturated heterocycles. The zero-order valence-corrected chi connectivity index (χ0v) is 13.2. The van der Waals surface area contributed by atoms with Crippen LogP contribution in [0.2, 0.25) is 0 Å². The third kappa shape index (κ3) is 3.00. The molecule has 0 unspecified atom stereocenters. The molecule has 5 heteroatoms. The number of benzene rings is 2. The average molecular weight is 325 g/mol. The predicted molar refractivity (Wildman–Crippen MR) is 88.3 cm³/mol. The molecule has 2 aromatic rings. The van der Waals surface area contributed by atoms with Gasteiger partial charge in [0.05, 0.1) is 24.3 Å². The van der Waals surface area contributed by atoms with Crippen molar-refractivity contribution in [2.24, 2.45) is 0 Å². The van der Waals surface area contributed by atoms with E-state index in [9.17, 15) is 4.79 Å². The molecule has 2 aliphatic heterocycles. The van der Waals surface area contributed by atoms with Crippen LogP contribution in [0.5, 0.6) is 11.5 Å². The third-order valence-electron chi connectivity index (χ3n) is 4.38. The van der Waals surface area contributed by atoms with Crippen molar-refractivity contribution in [1.82, 2.24) is 5.32 Å². The molecule has 3 atom stereocenters. The summed E-state index contributed by atoms with van der Waals surface area (Å²) in [5, 5.41) is 3.02. The molecule has 0 bridgehead atoms. The highest BCUT2D eigenvalue weighted by atomic mass is 16.6. The van der Waals surface area contributed by atoms with Gasteiger partial charge >= 0.3 is 0 Å². The number of ether oxygens (including phenoxy) is 3. The zero-order chi connectivity index (χ0) is 16.4. The van der Waals surface area contributed by atoms with Crippen LogP contribution in [0.4, 0.5) is 0 Å². The van der Waals surface area contributed by atoms with Crippen LogP contribution in [0, 0.1) is 0 Å². The van der Waals surface area contributed by atoms with Gasteiger partial charge in [0.2, 0.25) is 0 Å². The number of amides is 1. The summed E-state index contributed by atoms with van der Waals surface area (Å²) in [6.07, 6.45) is 0.951. The number of fused-ring (bicyclic) bond motifs is 1. The molecule has 2 aliphatic rings. The Morgan fingerprint density at radius 2 is 1.83 bits per heavy atom. The van der Waals surface area contributed by atoms with Gasteiger partial charge in [-0.25, -0.2) is 0 Å². The number of nitrogens with one attached hydrogen (secondary N) is 1. The van der Waals surface area contributed by atoms with Crippen LogP contribution in [0.1, 0.15) is 16.8 Å². The lowest BCUT2D eigenvalue weighted by Crippen LogP contribution is -2.43. The fourth-order valence-electron chi connectivity index (χ4n) is 3.20. The summed E-state index contributed by atoms with van der Waals surface area (Å²) in [5.41, 5.74) is 0.503. The largest absolute Gasteiger partial charge is 0.457 e. The molecule has 1 amide bonds. The molecule has 1 N–H and O–H groups in total. The highest BCUT2D eigenvalue weighted by molar-refractivity contribution is 5.97. The van der Waals surface area contributed by atoms with E-state index in [1.807, 2.05) is 42.5 Å². The van der Waals surface area contributed by atoms with E-state index < -0.39 is 0 Å². The topological polar surface area (TPSA) is 56.8 Å². The van der Waals surface area contributed by atoms with Crippen molar-refractivity contribution < 1.29 is 19.0 Å². The lowest BCUT2D eigenvalue weighted by molar-refractivity contribution is 0.0655. The molecule has 0 spiro atoms. The van der Waals surface area contributed by atoms with Crippen LogP contribution >= 0.6 is 0 Å². The second-order valence-corrected chi connectivity index (χ2v) is 5.99. The molecular formula is C19H19NO4. The van der Waals surface area contributed by atoms with Crippen LogP contribution in [0.25, 0.3) is 0 Å². The van der Waals surface area contributed by atoms with E-state index in [1.165, 1.54) is 0 Å². The van der Waals surface area contributed by atoms with Crippen LogP contribution in [-0.4, -0.2) is 37.4 Å². The highest BCUT2D eigenvalue weighted by Crippen LogP contribution is 2.28. The van der Waals surface area contributed by atoms with E-state index >= 15 is 0 Å². The second kappa shape index (κ2) is 6.63. The molecule has 0 aliphatic carbocycles. The second-order valence-electron chi connectivity index (χ2n) is 5.99. The van der Waals surface area contributed by atoms with Gasteiger partial charge in [0.25, 0.3) is 5.91 Å². The van der Waals surface area contributed by atoms with E-state index in [0.717, 1.165) is 6.42 Å². The van der Waals surface area contributed by atoms with Gasteiger partial charge in [-0.15, -0.1) is 0 Å². The van der Waals surface area contributed by atoms with Gasteiger partial charge in [0.15, 0.2) is 0 Å². The molecule has 0 radical (unpaired) electrons. The summed E-state index contributed by atoms with van der Waals surface area (Å²) >= 11 is 0. The SMILES string of the molecule is O=C(N[C@H]1CO[C@@H]2CCO[C@H]12)c1ccccc1Oc1ccccc1. The average Bonchev–Trinajstić information content (AvgIpc) is 3.21.